The number of ether oxygens (including phenoxy) is 1. The van der Waals surface area contributed by atoms with Gasteiger partial charge in [-0.15, -0.1) is 11.3 Å². The van der Waals surface area contributed by atoms with Crippen LogP contribution in [0.15, 0.2) is 34.1 Å². The molecule has 2 rings (SSSR count). The van der Waals surface area contributed by atoms with Crippen LogP contribution in [0.2, 0.25) is 0 Å². The second-order valence-corrected chi connectivity index (χ2v) is 5.93. The molecule has 20 heavy (non-hydrogen) atoms. The standard InChI is InChI=1S/C13H10BrNO4S/c1-8(16)12-5-10(15(17)18)2-3-13(12)19-6-11-4-9(14)7-20-11/h2-5,7H,6H2,1H3. The molecule has 7 heteroatoms. The Labute approximate surface area is 127 Å². The zero-order chi connectivity index (χ0) is 14.7. The van der Waals surface area contributed by atoms with Crippen LogP contribution in [0.3, 0.4) is 0 Å². The quantitative estimate of drug-likeness (QED) is 0.457. The first kappa shape index (κ1) is 14.7. The molecule has 0 bridgehead atoms. The van der Waals surface area contributed by atoms with Crippen LogP contribution in [0, 0.1) is 10.1 Å². The molecular weight excluding hydrogens is 346 g/mol. The van der Waals surface area contributed by atoms with E-state index in [2.05, 4.69) is 15.9 Å². The summed E-state index contributed by atoms with van der Waals surface area (Å²) in [5, 5.41) is 12.7. The number of thiophene rings is 1. The summed E-state index contributed by atoms with van der Waals surface area (Å²) in [6.07, 6.45) is 0. The molecule has 0 saturated heterocycles. The second-order valence-electron chi connectivity index (χ2n) is 4.01. The number of nitro groups is 1. The van der Waals surface area contributed by atoms with Crippen molar-refractivity contribution in [3.63, 3.8) is 0 Å². The highest BCUT2D eigenvalue weighted by Gasteiger charge is 2.15. The number of carbonyl (C=O) groups is 1. The Morgan fingerprint density at radius 1 is 1.45 bits per heavy atom. The van der Waals surface area contributed by atoms with Crippen molar-refractivity contribution in [2.24, 2.45) is 0 Å². The molecule has 0 unspecified atom stereocenters. The van der Waals surface area contributed by atoms with Gasteiger partial charge in [-0.3, -0.25) is 14.9 Å². The molecular formula is C13H10BrNO4S. The van der Waals surface area contributed by atoms with Gasteiger partial charge in [0, 0.05) is 26.9 Å². The maximum Gasteiger partial charge on any atom is 0.270 e. The van der Waals surface area contributed by atoms with Crippen LogP contribution >= 0.6 is 27.3 Å². The van der Waals surface area contributed by atoms with Gasteiger partial charge >= 0.3 is 0 Å². The van der Waals surface area contributed by atoms with Crippen molar-refractivity contribution in [2.75, 3.05) is 0 Å². The lowest BCUT2D eigenvalue weighted by Crippen LogP contribution is -2.02. The molecule has 5 nitrogen and oxygen atoms in total. The van der Waals surface area contributed by atoms with E-state index in [4.69, 9.17) is 4.74 Å². The Bertz CT molecular complexity index is 668. The fraction of sp³-hybridized carbons (Fsp3) is 0.154. The molecule has 1 aromatic carbocycles. The van der Waals surface area contributed by atoms with E-state index in [-0.39, 0.29) is 17.0 Å². The predicted octanol–water partition coefficient (Wildman–Crippen LogP) is 4.20. The van der Waals surface area contributed by atoms with Crippen LogP contribution in [0.25, 0.3) is 0 Å². The number of benzene rings is 1. The number of non-ortho nitro benzene ring substituents is 1. The van der Waals surface area contributed by atoms with Gasteiger partial charge in [-0.25, -0.2) is 0 Å². The zero-order valence-electron chi connectivity index (χ0n) is 10.5. The molecule has 2 aromatic rings. The summed E-state index contributed by atoms with van der Waals surface area (Å²) in [5.74, 6) is 0.0867. The number of hydrogen-bond acceptors (Lipinski definition) is 5. The molecule has 0 spiro atoms. The van der Waals surface area contributed by atoms with Gasteiger partial charge in [-0.1, -0.05) is 0 Å². The summed E-state index contributed by atoms with van der Waals surface area (Å²) in [6.45, 7) is 1.67. The van der Waals surface area contributed by atoms with Crippen LogP contribution in [-0.4, -0.2) is 10.7 Å². The number of carbonyl (C=O) groups excluding carboxylic acids is 1. The van der Waals surface area contributed by atoms with Crippen molar-refractivity contribution >= 4 is 38.7 Å². The summed E-state index contributed by atoms with van der Waals surface area (Å²) < 4.78 is 6.55. The number of Topliss-reactive ketones (excluding diaryl/α,β-unsaturated/α-hetero) is 1. The van der Waals surface area contributed by atoms with Crippen LogP contribution in [0.5, 0.6) is 5.75 Å². The smallest absolute Gasteiger partial charge is 0.270 e. The van der Waals surface area contributed by atoms with Crippen LogP contribution in [-0.2, 0) is 6.61 Å². The molecule has 0 saturated carbocycles. The molecule has 0 fully saturated rings. The topological polar surface area (TPSA) is 69.4 Å². The summed E-state index contributed by atoms with van der Waals surface area (Å²) in [4.78, 5) is 22.7. The van der Waals surface area contributed by atoms with Gasteiger partial charge in [-0.2, -0.15) is 0 Å². The highest BCUT2D eigenvalue weighted by atomic mass is 79.9. The lowest BCUT2D eigenvalue weighted by Gasteiger charge is -2.08. The Morgan fingerprint density at radius 2 is 2.20 bits per heavy atom. The van der Waals surface area contributed by atoms with Crippen LogP contribution in [0.1, 0.15) is 22.2 Å². The minimum absolute atomic E-state index is 0.124. The van der Waals surface area contributed by atoms with Crippen LogP contribution in [0.4, 0.5) is 5.69 Å². The van der Waals surface area contributed by atoms with E-state index < -0.39 is 4.92 Å². The van der Waals surface area contributed by atoms with Crippen molar-refractivity contribution in [3.05, 3.63) is 54.7 Å². The second kappa shape index (κ2) is 6.15. The lowest BCUT2D eigenvalue weighted by atomic mass is 10.1. The summed E-state index contributed by atoms with van der Waals surface area (Å²) >= 11 is 4.87. The zero-order valence-corrected chi connectivity index (χ0v) is 12.9. The molecule has 0 aliphatic carbocycles. The average Bonchev–Trinajstić information content (AvgIpc) is 2.81. The van der Waals surface area contributed by atoms with E-state index >= 15 is 0 Å². The summed E-state index contributed by atoms with van der Waals surface area (Å²) in [7, 11) is 0. The predicted molar refractivity (Wildman–Crippen MR) is 79.5 cm³/mol. The van der Waals surface area contributed by atoms with Gasteiger partial charge in [-0.05, 0) is 35.0 Å². The number of ketones is 1. The highest BCUT2D eigenvalue weighted by molar-refractivity contribution is 9.10. The molecule has 1 heterocycles. The van der Waals surface area contributed by atoms with Gasteiger partial charge in [0.2, 0.25) is 0 Å². The Balaban J connectivity index is 2.22. The fourth-order valence-electron chi connectivity index (χ4n) is 1.61. The molecule has 0 aliphatic heterocycles. The third kappa shape index (κ3) is 3.43. The Kier molecular flexibility index (Phi) is 4.51. The van der Waals surface area contributed by atoms with E-state index in [0.717, 1.165) is 9.35 Å². The number of nitrogens with zero attached hydrogens (tertiary/aromatic N) is 1. The van der Waals surface area contributed by atoms with Crippen LogP contribution < -0.4 is 4.74 Å². The molecule has 0 aliphatic rings. The van der Waals surface area contributed by atoms with E-state index in [0.29, 0.717) is 12.4 Å². The molecule has 0 N–H and O–H groups in total. The molecule has 0 atom stereocenters. The van der Waals surface area contributed by atoms with Crippen molar-refractivity contribution in [2.45, 2.75) is 13.5 Å². The number of rotatable bonds is 5. The summed E-state index contributed by atoms with van der Waals surface area (Å²) in [5.41, 5.74) is 0.0937. The first-order chi connectivity index (χ1) is 9.47. The normalized spacial score (nSPS) is 10.3. The van der Waals surface area contributed by atoms with Gasteiger partial charge in [0.25, 0.3) is 5.69 Å². The largest absolute Gasteiger partial charge is 0.487 e. The third-order valence-corrected chi connectivity index (χ3v) is 4.22. The Hall–Kier alpha value is -1.73. The number of halogens is 1. The van der Waals surface area contributed by atoms with E-state index in [1.54, 1.807) is 0 Å². The number of hydrogen-bond donors (Lipinski definition) is 0. The van der Waals surface area contributed by atoms with Crippen molar-refractivity contribution < 1.29 is 14.5 Å². The van der Waals surface area contributed by atoms with E-state index in [9.17, 15) is 14.9 Å². The van der Waals surface area contributed by atoms with Gasteiger partial charge in [0.1, 0.15) is 12.4 Å². The van der Waals surface area contributed by atoms with E-state index in [1.807, 2.05) is 11.4 Å². The molecule has 0 radical (unpaired) electrons. The first-order valence-corrected chi connectivity index (χ1v) is 7.29. The lowest BCUT2D eigenvalue weighted by molar-refractivity contribution is -0.384. The van der Waals surface area contributed by atoms with Gasteiger partial charge < -0.3 is 4.74 Å². The maximum atomic E-state index is 11.5. The van der Waals surface area contributed by atoms with Crippen molar-refractivity contribution in [3.8, 4) is 5.75 Å². The Morgan fingerprint density at radius 3 is 2.75 bits per heavy atom. The fourth-order valence-corrected chi connectivity index (χ4v) is 2.97. The number of nitro benzene ring substituents is 1. The SMILES string of the molecule is CC(=O)c1cc([N+](=O)[O-])ccc1OCc1cc(Br)cs1. The minimum Gasteiger partial charge on any atom is -0.487 e. The van der Waals surface area contributed by atoms with Gasteiger partial charge in [0.15, 0.2) is 5.78 Å². The van der Waals surface area contributed by atoms with Gasteiger partial charge in [0.05, 0.1) is 10.5 Å². The maximum absolute atomic E-state index is 11.5. The molecule has 1 aromatic heterocycles. The first-order valence-electron chi connectivity index (χ1n) is 5.62. The van der Waals surface area contributed by atoms with E-state index in [1.165, 1.54) is 36.5 Å². The monoisotopic (exact) mass is 355 g/mol. The highest BCUT2D eigenvalue weighted by Crippen LogP contribution is 2.27. The molecule has 104 valence electrons. The average molecular weight is 356 g/mol. The third-order valence-electron chi connectivity index (χ3n) is 2.54. The van der Waals surface area contributed by atoms with Crippen molar-refractivity contribution in [1.29, 1.82) is 0 Å². The van der Waals surface area contributed by atoms with Crippen molar-refractivity contribution in [1.82, 2.24) is 0 Å². The molecule has 0 amide bonds. The minimum atomic E-state index is -0.535. The summed E-state index contributed by atoms with van der Waals surface area (Å²) in [6, 6.07) is 5.94.